The lowest BCUT2D eigenvalue weighted by atomic mass is 9.99. The van der Waals surface area contributed by atoms with Crippen molar-refractivity contribution in [2.24, 2.45) is 0 Å². The molecule has 0 saturated heterocycles. The van der Waals surface area contributed by atoms with Gasteiger partial charge in [-0.15, -0.1) is 0 Å². The van der Waals surface area contributed by atoms with E-state index < -0.39 is 6.03 Å². The molecule has 9 heteroatoms. The number of benzene rings is 2. The highest BCUT2D eigenvalue weighted by molar-refractivity contribution is 7.15. The number of urea groups is 1. The van der Waals surface area contributed by atoms with E-state index in [-0.39, 0.29) is 5.78 Å². The summed E-state index contributed by atoms with van der Waals surface area (Å²) < 4.78 is 5.33. The molecule has 172 valence electrons. The molecule has 0 aliphatic heterocycles. The maximum absolute atomic E-state index is 13.3. The number of hydrogen-bond acceptors (Lipinski definition) is 7. The van der Waals surface area contributed by atoms with Crippen LogP contribution in [0.5, 0.6) is 5.75 Å². The number of aryl methyl sites for hydroxylation is 1. The summed E-state index contributed by atoms with van der Waals surface area (Å²) in [5.41, 5.74) is 2.09. The number of nitrogens with zero attached hydrogens (tertiary/aromatic N) is 2. The van der Waals surface area contributed by atoms with Gasteiger partial charge >= 0.3 is 6.03 Å². The van der Waals surface area contributed by atoms with E-state index in [1.807, 2.05) is 31.2 Å². The third kappa shape index (κ3) is 5.57. The fraction of sp³-hybridized carbons (Fsp3) is 0.120. The van der Waals surface area contributed by atoms with Gasteiger partial charge in [0.25, 0.3) is 0 Å². The van der Waals surface area contributed by atoms with Crippen LogP contribution in [0.4, 0.5) is 21.4 Å². The van der Waals surface area contributed by atoms with Crippen molar-refractivity contribution >= 4 is 39.8 Å². The molecule has 0 spiro atoms. The van der Waals surface area contributed by atoms with Crippen molar-refractivity contribution in [3.63, 3.8) is 0 Å². The van der Waals surface area contributed by atoms with Gasteiger partial charge in [-0.1, -0.05) is 41.2 Å². The second-order valence-corrected chi connectivity index (χ2v) is 8.47. The molecular formula is C25H23N5O3S. The summed E-state index contributed by atoms with van der Waals surface area (Å²) in [6.07, 6.45) is 3.41. The number of thiazole rings is 1. The molecule has 0 atom stereocenters. The molecule has 4 aromatic rings. The second-order valence-electron chi connectivity index (χ2n) is 7.36. The minimum atomic E-state index is -0.489. The summed E-state index contributed by atoms with van der Waals surface area (Å²) in [6, 6.07) is 17.4. The van der Waals surface area contributed by atoms with Gasteiger partial charge in [-0.3, -0.25) is 10.1 Å². The maximum atomic E-state index is 13.3. The Hall–Kier alpha value is -4.24. The first-order valence-electron chi connectivity index (χ1n) is 10.5. The quantitative estimate of drug-likeness (QED) is 0.298. The number of ether oxygens (including phenoxy) is 1. The monoisotopic (exact) mass is 473 g/mol. The van der Waals surface area contributed by atoms with Crippen LogP contribution in [0.2, 0.25) is 0 Å². The van der Waals surface area contributed by atoms with Gasteiger partial charge in [0.15, 0.2) is 10.9 Å². The average molecular weight is 474 g/mol. The van der Waals surface area contributed by atoms with Gasteiger partial charge in [0.05, 0.1) is 24.9 Å². The van der Waals surface area contributed by atoms with Gasteiger partial charge in [0.1, 0.15) is 11.6 Å². The first-order valence-corrected chi connectivity index (χ1v) is 11.3. The largest absolute Gasteiger partial charge is 0.496 e. The van der Waals surface area contributed by atoms with Gasteiger partial charge < -0.3 is 15.4 Å². The van der Waals surface area contributed by atoms with E-state index in [4.69, 9.17) is 4.74 Å². The van der Waals surface area contributed by atoms with Crippen molar-refractivity contribution in [2.45, 2.75) is 13.5 Å². The van der Waals surface area contributed by atoms with Crippen molar-refractivity contribution in [2.75, 3.05) is 23.1 Å². The molecule has 0 unspecified atom stereocenters. The molecule has 34 heavy (non-hydrogen) atoms. The van der Waals surface area contributed by atoms with Crippen LogP contribution in [0.25, 0.3) is 0 Å². The molecule has 0 aliphatic carbocycles. The van der Waals surface area contributed by atoms with E-state index in [1.165, 1.54) is 18.4 Å². The van der Waals surface area contributed by atoms with Gasteiger partial charge in [-0.25, -0.2) is 14.8 Å². The maximum Gasteiger partial charge on any atom is 0.325 e. The topological polar surface area (TPSA) is 105 Å². The highest BCUT2D eigenvalue weighted by Crippen LogP contribution is 2.26. The van der Waals surface area contributed by atoms with E-state index >= 15 is 0 Å². The predicted molar refractivity (Wildman–Crippen MR) is 134 cm³/mol. The van der Waals surface area contributed by atoms with Crippen LogP contribution in [0.15, 0.2) is 73.1 Å². The fourth-order valence-corrected chi connectivity index (χ4v) is 4.02. The van der Waals surface area contributed by atoms with Crippen LogP contribution in [-0.2, 0) is 6.54 Å². The number of carbonyl (C=O) groups excluding carboxylic acids is 2. The van der Waals surface area contributed by atoms with Crippen molar-refractivity contribution in [3.05, 3.63) is 94.6 Å². The Balaban J connectivity index is 1.45. The first-order chi connectivity index (χ1) is 16.5. The predicted octanol–water partition coefficient (Wildman–Crippen LogP) is 5.34. The summed E-state index contributed by atoms with van der Waals surface area (Å²) >= 11 is 1.35. The molecule has 0 aliphatic rings. The normalized spacial score (nSPS) is 10.4. The highest BCUT2D eigenvalue weighted by atomic mass is 32.1. The number of pyridine rings is 1. The zero-order valence-corrected chi connectivity index (χ0v) is 19.5. The van der Waals surface area contributed by atoms with Crippen LogP contribution < -0.4 is 20.7 Å². The molecular weight excluding hydrogens is 450 g/mol. The third-order valence-electron chi connectivity index (χ3n) is 4.90. The Kier molecular flexibility index (Phi) is 7.14. The Bertz CT molecular complexity index is 1310. The molecule has 0 saturated carbocycles. The van der Waals surface area contributed by atoms with E-state index in [0.29, 0.717) is 34.2 Å². The number of para-hydroxylation sites is 1. The number of nitrogens with one attached hydrogen (secondary N) is 3. The van der Waals surface area contributed by atoms with Gasteiger partial charge in [0.2, 0.25) is 0 Å². The fourth-order valence-electron chi connectivity index (χ4n) is 3.27. The van der Waals surface area contributed by atoms with Crippen molar-refractivity contribution in [3.8, 4) is 5.75 Å². The van der Waals surface area contributed by atoms with E-state index in [1.54, 1.807) is 48.8 Å². The van der Waals surface area contributed by atoms with Crippen LogP contribution in [0.3, 0.4) is 0 Å². The zero-order chi connectivity index (χ0) is 23.9. The molecule has 4 rings (SSSR count). The third-order valence-corrected chi connectivity index (χ3v) is 5.81. The van der Waals surface area contributed by atoms with E-state index in [0.717, 1.165) is 16.3 Å². The van der Waals surface area contributed by atoms with Gasteiger partial charge in [-0.2, -0.15) is 0 Å². The Morgan fingerprint density at radius 3 is 2.59 bits per heavy atom. The second kappa shape index (κ2) is 10.6. The molecule has 0 fully saturated rings. The molecule has 2 aromatic heterocycles. The highest BCUT2D eigenvalue weighted by Gasteiger charge is 2.19. The minimum Gasteiger partial charge on any atom is -0.496 e. The number of rotatable bonds is 8. The van der Waals surface area contributed by atoms with Crippen LogP contribution in [0, 0.1) is 6.92 Å². The summed E-state index contributed by atoms with van der Waals surface area (Å²) in [6.45, 7) is 2.42. The molecule has 2 heterocycles. The lowest BCUT2D eigenvalue weighted by Crippen LogP contribution is -2.21. The van der Waals surface area contributed by atoms with Crippen molar-refractivity contribution < 1.29 is 14.3 Å². The Labute approximate surface area is 201 Å². The lowest BCUT2D eigenvalue weighted by molar-refractivity contribution is 0.103. The number of anilines is 3. The van der Waals surface area contributed by atoms with Gasteiger partial charge in [0, 0.05) is 22.8 Å². The van der Waals surface area contributed by atoms with Crippen molar-refractivity contribution in [1.82, 2.24) is 9.97 Å². The van der Waals surface area contributed by atoms with E-state index in [2.05, 4.69) is 25.9 Å². The SMILES string of the molecule is COc1ccccc1C(=O)c1cc(C)ccc1NC(=O)Nc1ncc(CNc2ccccn2)s1. The number of methoxy groups -OCH3 is 1. The molecule has 0 bridgehead atoms. The number of amides is 2. The van der Waals surface area contributed by atoms with Gasteiger partial charge in [-0.05, 0) is 43.3 Å². The number of aromatic nitrogens is 2. The molecule has 0 radical (unpaired) electrons. The lowest BCUT2D eigenvalue weighted by Gasteiger charge is -2.13. The zero-order valence-electron chi connectivity index (χ0n) is 18.7. The minimum absolute atomic E-state index is 0.242. The number of carbonyl (C=O) groups is 2. The summed E-state index contributed by atoms with van der Waals surface area (Å²) in [5, 5.41) is 9.15. The Morgan fingerprint density at radius 1 is 0.971 bits per heavy atom. The van der Waals surface area contributed by atoms with Crippen LogP contribution in [0.1, 0.15) is 26.4 Å². The Morgan fingerprint density at radius 2 is 1.79 bits per heavy atom. The number of ketones is 1. The number of hydrogen-bond donors (Lipinski definition) is 3. The summed E-state index contributed by atoms with van der Waals surface area (Å²) in [7, 11) is 1.52. The summed E-state index contributed by atoms with van der Waals surface area (Å²) in [4.78, 5) is 35.3. The van der Waals surface area contributed by atoms with E-state index in [9.17, 15) is 9.59 Å². The van der Waals surface area contributed by atoms with Crippen molar-refractivity contribution in [1.29, 1.82) is 0 Å². The van der Waals surface area contributed by atoms with Crippen LogP contribution >= 0.6 is 11.3 Å². The molecule has 8 nitrogen and oxygen atoms in total. The molecule has 2 aromatic carbocycles. The molecule has 3 N–H and O–H groups in total. The smallest absolute Gasteiger partial charge is 0.325 e. The van der Waals surface area contributed by atoms with Crippen LogP contribution in [-0.4, -0.2) is 28.9 Å². The average Bonchev–Trinajstić information content (AvgIpc) is 3.31. The molecule has 2 amide bonds. The summed E-state index contributed by atoms with van der Waals surface area (Å²) in [5.74, 6) is 0.988. The standard InChI is InChI=1S/C25H23N5O3S/c1-16-10-11-20(19(13-16)23(31)18-7-3-4-8-21(18)33-2)29-24(32)30-25-28-15-17(34-25)14-27-22-9-5-6-12-26-22/h3-13,15H,14H2,1-2H3,(H,26,27)(H2,28,29,30,32). The first kappa shape index (κ1) is 22.9.